The van der Waals surface area contributed by atoms with Gasteiger partial charge < -0.3 is 0 Å². The van der Waals surface area contributed by atoms with E-state index in [1.165, 1.54) is 0 Å². The number of halogens is 1. The Balaban J connectivity index is 2.26. The highest BCUT2D eigenvalue weighted by Crippen LogP contribution is 2.22. The molecule has 2 rings (SSSR count). The molecular weight excluding hydrogens is 174 g/mol. The van der Waals surface area contributed by atoms with Crippen LogP contribution in [0.25, 0.3) is 0 Å². The molecular formula is C8H10ClN3. The third-order valence-corrected chi connectivity index (χ3v) is 2.15. The van der Waals surface area contributed by atoms with Crippen molar-refractivity contribution in [1.82, 2.24) is 10.4 Å². The molecule has 0 atom stereocenters. The van der Waals surface area contributed by atoms with E-state index < -0.39 is 0 Å². The number of pyridine rings is 1. The van der Waals surface area contributed by atoms with Gasteiger partial charge in [0.05, 0.1) is 5.02 Å². The largest absolute Gasteiger partial charge is 0.291 e. The second-order valence-electron chi connectivity index (χ2n) is 2.72. The lowest BCUT2D eigenvalue weighted by Crippen LogP contribution is -2.31. The van der Waals surface area contributed by atoms with Crippen molar-refractivity contribution in [2.75, 3.05) is 18.1 Å². The van der Waals surface area contributed by atoms with Crippen molar-refractivity contribution in [1.29, 1.82) is 0 Å². The van der Waals surface area contributed by atoms with Crippen LogP contribution in [0.5, 0.6) is 0 Å². The Labute approximate surface area is 76.3 Å². The van der Waals surface area contributed by atoms with Crippen molar-refractivity contribution in [2.24, 2.45) is 0 Å². The van der Waals surface area contributed by atoms with Gasteiger partial charge in [0.1, 0.15) is 0 Å². The van der Waals surface area contributed by atoms with E-state index in [9.17, 15) is 0 Å². The maximum atomic E-state index is 5.96. The Bertz CT molecular complexity index is 271. The van der Waals surface area contributed by atoms with Crippen LogP contribution in [0.15, 0.2) is 18.3 Å². The number of hydrogen-bond acceptors (Lipinski definition) is 3. The molecule has 0 amide bonds. The maximum absolute atomic E-state index is 5.96. The summed E-state index contributed by atoms with van der Waals surface area (Å²) in [6, 6.07) is 3.69. The molecule has 1 aliphatic heterocycles. The van der Waals surface area contributed by atoms with Gasteiger partial charge in [0.2, 0.25) is 0 Å². The second kappa shape index (κ2) is 3.29. The minimum Gasteiger partial charge on any atom is -0.291 e. The lowest BCUT2D eigenvalue weighted by Gasteiger charge is -2.16. The van der Waals surface area contributed by atoms with Crippen molar-refractivity contribution in [3.63, 3.8) is 0 Å². The van der Waals surface area contributed by atoms with Crippen LogP contribution in [0.1, 0.15) is 6.42 Å². The second-order valence-corrected chi connectivity index (χ2v) is 3.13. The van der Waals surface area contributed by atoms with Gasteiger partial charge in [-0.1, -0.05) is 11.6 Å². The number of rotatable bonds is 1. The van der Waals surface area contributed by atoms with Gasteiger partial charge in [-0.3, -0.25) is 5.01 Å². The van der Waals surface area contributed by atoms with Crippen molar-refractivity contribution in [3.8, 4) is 0 Å². The SMILES string of the molecule is Clc1cccnc1N1CCCN1. The van der Waals surface area contributed by atoms with Crippen molar-refractivity contribution < 1.29 is 0 Å². The fraction of sp³-hybridized carbons (Fsp3) is 0.375. The zero-order chi connectivity index (χ0) is 8.39. The molecule has 0 spiro atoms. The van der Waals surface area contributed by atoms with E-state index in [1.54, 1.807) is 6.20 Å². The van der Waals surface area contributed by atoms with Crippen LogP contribution in [-0.2, 0) is 0 Å². The molecule has 1 aromatic heterocycles. The van der Waals surface area contributed by atoms with Gasteiger partial charge in [-0.2, -0.15) is 0 Å². The highest BCUT2D eigenvalue weighted by Gasteiger charge is 2.14. The van der Waals surface area contributed by atoms with E-state index in [-0.39, 0.29) is 0 Å². The van der Waals surface area contributed by atoms with Crippen LogP contribution < -0.4 is 10.4 Å². The first-order valence-corrected chi connectivity index (χ1v) is 4.37. The molecule has 0 aliphatic carbocycles. The Hall–Kier alpha value is -0.800. The zero-order valence-electron chi connectivity index (χ0n) is 6.63. The summed E-state index contributed by atoms with van der Waals surface area (Å²) in [6.45, 7) is 1.99. The molecule has 4 heteroatoms. The summed E-state index contributed by atoms with van der Waals surface area (Å²) in [5.41, 5.74) is 3.20. The minimum absolute atomic E-state index is 0.701. The van der Waals surface area contributed by atoms with Crippen LogP contribution in [0.4, 0.5) is 5.82 Å². The van der Waals surface area contributed by atoms with E-state index in [0.29, 0.717) is 5.02 Å². The fourth-order valence-electron chi connectivity index (χ4n) is 1.29. The molecule has 1 aromatic rings. The maximum Gasteiger partial charge on any atom is 0.161 e. The van der Waals surface area contributed by atoms with Crippen molar-refractivity contribution in [2.45, 2.75) is 6.42 Å². The number of anilines is 1. The smallest absolute Gasteiger partial charge is 0.161 e. The third-order valence-electron chi connectivity index (χ3n) is 1.86. The van der Waals surface area contributed by atoms with Crippen molar-refractivity contribution in [3.05, 3.63) is 23.4 Å². The molecule has 0 saturated carbocycles. The molecule has 1 saturated heterocycles. The van der Waals surface area contributed by atoms with Gasteiger partial charge in [0, 0.05) is 19.3 Å². The van der Waals surface area contributed by atoms with E-state index >= 15 is 0 Å². The number of hydrazine groups is 1. The first-order valence-electron chi connectivity index (χ1n) is 3.99. The predicted molar refractivity (Wildman–Crippen MR) is 49.2 cm³/mol. The molecule has 0 unspecified atom stereocenters. The first-order chi connectivity index (χ1) is 5.88. The van der Waals surface area contributed by atoms with E-state index in [1.807, 2.05) is 17.1 Å². The van der Waals surface area contributed by atoms with Gasteiger partial charge >= 0.3 is 0 Å². The van der Waals surface area contributed by atoms with Crippen LogP contribution in [0.3, 0.4) is 0 Å². The molecule has 1 aliphatic rings. The van der Waals surface area contributed by atoms with E-state index in [4.69, 9.17) is 11.6 Å². The molecule has 1 fully saturated rings. The summed E-state index contributed by atoms with van der Waals surface area (Å²) < 4.78 is 0. The monoisotopic (exact) mass is 183 g/mol. The third kappa shape index (κ3) is 1.38. The molecule has 64 valence electrons. The minimum atomic E-state index is 0.701. The van der Waals surface area contributed by atoms with Gasteiger partial charge in [-0.25, -0.2) is 10.4 Å². The summed E-state index contributed by atoms with van der Waals surface area (Å²) in [5, 5.41) is 2.69. The Morgan fingerprint density at radius 2 is 2.50 bits per heavy atom. The number of hydrogen-bond donors (Lipinski definition) is 1. The highest BCUT2D eigenvalue weighted by atomic mass is 35.5. The molecule has 0 radical (unpaired) electrons. The predicted octanol–water partition coefficient (Wildman–Crippen LogP) is 1.45. The standard InChI is InChI=1S/C8H10ClN3/c9-7-3-1-4-10-8(7)12-6-2-5-11-12/h1,3-4,11H,2,5-6H2. The average molecular weight is 184 g/mol. The van der Waals surface area contributed by atoms with Crippen molar-refractivity contribution >= 4 is 17.4 Å². The number of nitrogens with zero attached hydrogens (tertiary/aromatic N) is 2. The van der Waals surface area contributed by atoms with Crippen LogP contribution in [0.2, 0.25) is 5.02 Å². The zero-order valence-corrected chi connectivity index (χ0v) is 7.38. The molecule has 2 heterocycles. The lowest BCUT2D eigenvalue weighted by atomic mass is 10.4. The Kier molecular flexibility index (Phi) is 2.15. The quantitative estimate of drug-likeness (QED) is 0.715. The Morgan fingerprint density at radius 1 is 1.58 bits per heavy atom. The van der Waals surface area contributed by atoms with Gasteiger partial charge in [-0.15, -0.1) is 0 Å². The van der Waals surface area contributed by atoms with Gasteiger partial charge in [-0.05, 0) is 18.6 Å². The summed E-state index contributed by atoms with van der Waals surface area (Å²) in [7, 11) is 0. The summed E-state index contributed by atoms with van der Waals surface area (Å²) in [5.74, 6) is 0.830. The molecule has 1 N–H and O–H groups in total. The fourth-order valence-corrected chi connectivity index (χ4v) is 1.51. The lowest BCUT2D eigenvalue weighted by molar-refractivity contribution is 0.774. The van der Waals surface area contributed by atoms with Crippen LogP contribution >= 0.6 is 11.6 Å². The summed E-state index contributed by atoms with van der Waals surface area (Å²) >= 11 is 5.96. The molecule has 0 aromatic carbocycles. The summed E-state index contributed by atoms with van der Waals surface area (Å²) in [4.78, 5) is 4.19. The first kappa shape index (κ1) is 7.83. The topological polar surface area (TPSA) is 28.2 Å². The van der Waals surface area contributed by atoms with Gasteiger partial charge in [0.25, 0.3) is 0 Å². The molecule has 3 nitrogen and oxygen atoms in total. The average Bonchev–Trinajstić information content (AvgIpc) is 2.57. The van der Waals surface area contributed by atoms with Crippen LogP contribution in [-0.4, -0.2) is 18.1 Å². The highest BCUT2D eigenvalue weighted by molar-refractivity contribution is 6.32. The van der Waals surface area contributed by atoms with Crippen LogP contribution in [0, 0.1) is 0 Å². The number of nitrogens with one attached hydrogen (secondary N) is 1. The number of aromatic nitrogens is 1. The molecule has 0 bridgehead atoms. The normalized spacial score (nSPS) is 16.9. The Morgan fingerprint density at radius 3 is 3.17 bits per heavy atom. The molecule has 12 heavy (non-hydrogen) atoms. The van der Waals surface area contributed by atoms with Gasteiger partial charge in [0.15, 0.2) is 5.82 Å². The van der Waals surface area contributed by atoms with E-state index in [0.717, 1.165) is 25.3 Å². The van der Waals surface area contributed by atoms with E-state index in [2.05, 4.69) is 10.4 Å². The summed E-state index contributed by atoms with van der Waals surface area (Å²) in [6.07, 6.45) is 2.90.